The van der Waals surface area contributed by atoms with Gasteiger partial charge in [-0.3, -0.25) is 5.10 Å². The number of H-pyrrole nitrogens is 1. The number of nitrogens with two attached hydrogens (primary N) is 1. The second-order valence-electron chi connectivity index (χ2n) is 5.62. The molecule has 5 nitrogen and oxygen atoms in total. The number of rotatable bonds is 3. The number of aromatic nitrogens is 3. The number of halogens is 1. The lowest BCUT2D eigenvalue weighted by atomic mass is 9.82. The molecule has 1 aliphatic rings. The molecule has 1 aliphatic heterocycles. The van der Waals surface area contributed by atoms with Crippen molar-refractivity contribution in [1.29, 1.82) is 0 Å². The monoisotopic (exact) mass is 311 g/mol. The molecule has 7 heteroatoms. The zero-order valence-electron chi connectivity index (χ0n) is 11.4. The van der Waals surface area contributed by atoms with Gasteiger partial charge in [-0.05, 0) is 36.2 Å². The molecule has 2 aromatic rings. The summed E-state index contributed by atoms with van der Waals surface area (Å²) < 4.78 is 0. The third-order valence-corrected chi connectivity index (χ3v) is 5.21. The highest BCUT2D eigenvalue weighted by atomic mass is 35.5. The quantitative estimate of drug-likeness (QED) is 0.914. The molecule has 3 rings (SSSR count). The van der Waals surface area contributed by atoms with Gasteiger partial charge in [-0.15, -0.1) is 16.4 Å². The van der Waals surface area contributed by atoms with Gasteiger partial charge in [0, 0.05) is 13.1 Å². The number of aromatic amines is 1. The second kappa shape index (κ2) is 5.35. The van der Waals surface area contributed by atoms with Gasteiger partial charge in [-0.1, -0.05) is 18.5 Å². The molecule has 2 aromatic heterocycles. The number of hydrogen-bond acceptors (Lipinski definition) is 5. The maximum atomic E-state index is 6.13. The van der Waals surface area contributed by atoms with Gasteiger partial charge < -0.3 is 10.6 Å². The minimum atomic E-state index is 0.152. The van der Waals surface area contributed by atoms with Crippen molar-refractivity contribution in [2.75, 3.05) is 24.5 Å². The maximum absolute atomic E-state index is 6.13. The van der Waals surface area contributed by atoms with Gasteiger partial charge in [-0.2, -0.15) is 4.98 Å². The first-order valence-electron chi connectivity index (χ1n) is 6.72. The molecule has 1 atom stereocenters. The van der Waals surface area contributed by atoms with E-state index < -0.39 is 0 Å². The summed E-state index contributed by atoms with van der Waals surface area (Å²) in [7, 11) is 0. The molecule has 0 amide bonds. The zero-order chi connectivity index (χ0) is 14.2. The van der Waals surface area contributed by atoms with E-state index in [1.54, 1.807) is 11.3 Å². The van der Waals surface area contributed by atoms with Crippen LogP contribution in [-0.4, -0.2) is 34.8 Å². The Balaban J connectivity index is 1.82. The summed E-state index contributed by atoms with van der Waals surface area (Å²) in [5.41, 5.74) is 6.04. The Bertz CT molecular complexity index is 595. The number of nitrogens with zero attached hydrogens (tertiary/aromatic N) is 3. The summed E-state index contributed by atoms with van der Waals surface area (Å²) in [4.78, 5) is 7.72. The van der Waals surface area contributed by atoms with Crippen LogP contribution in [0.25, 0.3) is 10.7 Å². The fraction of sp³-hybridized carbons (Fsp3) is 0.538. The standard InChI is InChI=1S/C13H18ClN5S/c1-13(7-15)4-2-5-19(8-13)12-16-11(17-18-12)10-9(14)3-6-20-10/h3,6H,2,4-5,7-8,15H2,1H3,(H,16,17,18). The molecule has 20 heavy (non-hydrogen) atoms. The third kappa shape index (κ3) is 2.55. The molecule has 0 spiro atoms. The Morgan fingerprint density at radius 1 is 1.60 bits per heavy atom. The zero-order valence-corrected chi connectivity index (χ0v) is 13.0. The van der Waals surface area contributed by atoms with Crippen LogP contribution in [0.3, 0.4) is 0 Å². The summed E-state index contributed by atoms with van der Waals surface area (Å²) in [6.45, 7) is 4.80. The molecule has 0 saturated carbocycles. The maximum Gasteiger partial charge on any atom is 0.245 e. The molecule has 1 fully saturated rings. The Hall–Kier alpha value is -1.11. The van der Waals surface area contributed by atoms with Gasteiger partial charge in [0.1, 0.15) is 0 Å². The predicted molar refractivity (Wildman–Crippen MR) is 83.3 cm³/mol. The number of thiophene rings is 1. The molecule has 3 heterocycles. The lowest BCUT2D eigenvalue weighted by molar-refractivity contribution is 0.270. The first kappa shape index (κ1) is 13.9. The molecular weight excluding hydrogens is 294 g/mol. The van der Waals surface area contributed by atoms with Crippen LogP contribution in [0.1, 0.15) is 19.8 Å². The summed E-state index contributed by atoms with van der Waals surface area (Å²) >= 11 is 7.69. The summed E-state index contributed by atoms with van der Waals surface area (Å²) in [5.74, 6) is 1.48. The van der Waals surface area contributed by atoms with Gasteiger partial charge >= 0.3 is 0 Å². The SMILES string of the molecule is CC1(CN)CCCN(c2n[nH]c(-c3sccc3Cl)n2)C1. The van der Waals surface area contributed by atoms with Crippen molar-refractivity contribution in [3.63, 3.8) is 0 Å². The molecule has 108 valence electrons. The number of hydrogen-bond donors (Lipinski definition) is 2. The van der Waals surface area contributed by atoms with Gasteiger partial charge in [-0.25, -0.2) is 0 Å². The van der Waals surface area contributed by atoms with E-state index in [9.17, 15) is 0 Å². The van der Waals surface area contributed by atoms with Crippen molar-refractivity contribution in [3.05, 3.63) is 16.5 Å². The lowest BCUT2D eigenvalue weighted by Crippen LogP contribution is -2.46. The molecule has 1 saturated heterocycles. The first-order chi connectivity index (χ1) is 9.61. The van der Waals surface area contributed by atoms with Crippen LogP contribution in [0, 0.1) is 5.41 Å². The first-order valence-corrected chi connectivity index (χ1v) is 7.98. The molecule has 1 unspecified atom stereocenters. The van der Waals surface area contributed by atoms with Crippen LogP contribution >= 0.6 is 22.9 Å². The summed E-state index contributed by atoms with van der Waals surface area (Å²) in [6, 6.07) is 1.87. The topological polar surface area (TPSA) is 70.8 Å². The van der Waals surface area contributed by atoms with Crippen molar-refractivity contribution in [2.24, 2.45) is 11.1 Å². The van der Waals surface area contributed by atoms with Crippen LogP contribution < -0.4 is 10.6 Å². The Kier molecular flexibility index (Phi) is 3.70. The highest BCUT2D eigenvalue weighted by Gasteiger charge is 2.31. The van der Waals surface area contributed by atoms with Crippen LogP contribution in [0.2, 0.25) is 5.02 Å². The van der Waals surface area contributed by atoms with E-state index in [-0.39, 0.29) is 5.41 Å². The normalized spacial score (nSPS) is 23.2. The minimum Gasteiger partial charge on any atom is -0.339 e. The summed E-state index contributed by atoms with van der Waals surface area (Å²) in [5, 5.41) is 9.98. The van der Waals surface area contributed by atoms with Gasteiger partial charge in [0.15, 0.2) is 5.82 Å². The number of piperidine rings is 1. The smallest absolute Gasteiger partial charge is 0.245 e. The van der Waals surface area contributed by atoms with Crippen LogP contribution in [0.5, 0.6) is 0 Å². The number of anilines is 1. The van der Waals surface area contributed by atoms with E-state index in [2.05, 4.69) is 27.0 Å². The van der Waals surface area contributed by atoms with Crippen molar-refractivity contribution in [1.82, 2.24) is 15.2 Å². The Labute approximate surface area is 127 Å². The van der Waals surface area contributed by atoms with E-state index in [1.807, 2.05) is 11.4 Å². The van der Waals surface area contributed by atoms with E-state index in [1.165, 1.54) is 0 Å². The van der Waals surface area contributed by atoms with Crippen LogP contribution in [0.15, 0.2) is 11.4 Å². The summed E-state index contributed by atoms with van der Waals surface area (Å²) in [6.07, 6.45) is 2.28. The Morgan fingerprint density at radius 2 is 2.45 bits per heavy atom. The molecule has 0 aliphatic carbocycles. The second-order valence-corrected chi connectivity index (χ2v) is 6.94. The average Bonchev–Trinajstić information content (AvgIpc) is 3.07. The molecular formula is C13H18ClN5S. The fourth-order valence-corrected chi connectivity index (χ4v) is 3.70. The van der Waals surface area contributed by atoms with Gasteiger partial charge in [0.05, 0.1) is 9.90 Å². The molecule has 3 N–H and O–H groups in total. The van der Waals surface area contributed by atoms with Gasteiger partial charge in [0.25, 0.3) is 0 Å². The van der Waals surface area contributed by atoms with Crippen LogP contribution in [-0.2, 0) is 0 Å². The van der Waals surface area contributed by atoms with E-state index >= 15 is 0 Å². The van der Waals surface area contributed by atoms with Crippen molar-refractivity contribution in [3.8, 4) is 10.7 Å². The van der Waals surface area contributed by atoms with E-state index in [0.717, 1.165) is 42.6 Å². The highest BCUT2D eigenvalue weighted by Crippen LogP contribution is 2.33. The van der Waals surface area contributed by atoms with Crippen molar-refractivity contribution >= 4 is 28.9 Å². The third-order valence-electron chi connectivity index (χ3n) is 3.86. The van der Waals surface area contributed by atoms with Crippen molar-refractivity contribution < 1.29 is 0 Å². The lowest BCUT2D eigenvalue weighted by Gasteiger charge is -2.39. The fourth-order valence-electron chi connectivity index (χ4n) is 2.61. The predicted octanol–water partition coefficient (Wildman–Crippen LogP) is 2.75. The minimum absolute atomic E-state index is 0.152. The van der Waals surface area contributed by atoms with E-state index in [0.29, 0.717) is 11.6 Å². The highest BCUT2D eigenvalue weighted by molar-refractivity contribution is 7.14. The van der Waals surface area contributed by atoms with E-state index in [4.69, 9.17) is 17.3 Å². The average molecular weight is 312 g/mol. The van der Waals surface area contributed by atoms with Gasteiger partial charge in [0.2, 0.25) is 5.95 Å². The largest absolute Gasteiger partial charge is 0.339 e. The Morgan fingerprint density at radius 3 is 3.15 bits per heavy atom. The van der Waals surface area contributed by atoms with Crippen molar-refractivity contribution in [2.45, 2.75) is 19.8 Å². The van der Waals surface area contributed by atoms with Crippen LogP contribution in [0.4, 0.5) is 5.95 Å². The molecule has 0 radical (unpaired) electrons. The molecule has 0 bridgehead atoms. The number of nitrogens with one attached hydrogen (secondary N) is 1. The molecule has 0 aromatic carbocycles.